The number of carboxylic acids is 1. The molecule has 0 saturated carbocycles. The summed E-state index contributed by atoms with van der Waals surface area (Å²) in [5, 5.41) is 9.39. The van der Waals surface area contributed by atoms with Gasteiger partial charge in [-0.25, -0.2) is 0 Å². The second kappa shape index (κ2) is 7.44. The minimum atomic E-state index is -0.680. The fourth-order valence-electron chi connectivity index (χ4n) is 2.88. The Morgan fingerprint density at radius 1 is 1.45 bits per heavy atom. The Labute approximate surface area is 121 Å². The van der Waals surface area contributed by atoms with Gasteiger partial charge < -0.3 is 9.84 Å². The molecule has 0 amide bonds. The maximum Gasteiger partial charge on any atom is 0.306 e. The highest BCUT2D eigenvalue weighted by Crippen LogP contribution is 2.22. The Hall–Kier alpha value is -1.35. The molecule has 0 radical (unpaired) electrons. The third kappa shape index (κ3) is 4.34. The molecule has 2 rings (SSSR count). The number of hydrogen-bond acceptors (Lipinski definition) is 2. The molecule has 0 bridgehead atoms. The Morgan fingerprint density at radius 2 is 2.25 bits per heavy atom. The van der Waals surface area contributed by atoms with Gasteiger partial charge in [-0.2, -0.15) is 0 Å². The lowest BCUT2D eigenvalue weighted by Gasteiger charge is -2.15. The second-order valence-corrected chi connectivity index (χ2v) is 5.73. The van der Waals surface area contributed by atoms with Crippen LogP contribution in [0.5, 0.6) is 0 Å². The molecule has 1 heterocycles. The van der Waals surface area contributed by atoms with Crippen molar-refractivity contribution < 1.29 is 14.6 Å². The van der Waals surface area contributed by atoms with Gasteiger partial charge in [0.15, 0.2) is 0 Å². The van der Waals surface area contributed by atoms with Gasteiger partial charge in [0.2, 0.25) is 0 Å². The highest BCUT2D eigenvalue weighted by molar-refractivity contribution is 5.70. The van der Waals surface area contributed by atoms with Crippen LogP contribution >= 0.6 is 0 Å². The molecule has 3 nitrogen and oxygen atoms in total. The van der Waals surface area contributed by atoms with Crippen LogP contribution in [-0.2, 0) is 16.0 Å². The number of hydrogen-bond donors (Lipinski definition) is 1. The molecule has 1 aromatic carbocycles. The summed E-state index contributed by atoms with van der Waals surface area (Å²) in [6.07, 6.45) is 5.95. The molecule has 1 fully saturated rings. The van der Waals surface area contributed by atoms with Crippen LogP contribution in [0.25, 0.3) is 0 Å². The first kappa shape index (κ1) is 15.0. The van der Waals surface area contributed by atoms with Crippen molar-refractivity contribution >= 4 is 5.97 Å². The normalized spacial score (nSPS) is 19.9. The first-order chi connectivity index (χ1) is 9.66. The number of carboxylic acid groups (broad SMARTS) is 1. The summed E-state index contributed by atoms with van der Waals surface area (Å²) in [7, 11) is 0. The van der Waals surface area contributed by atoms with E-state index in [9.17, 15) is 9.90 Å². The van der Waals surface area contributed by atoms with Crippen LogP contribution in [0.1, 0.15) is 43.2 Å². The van der Waals surface area contributed by atoms with Crippen molar-refractivity contribution in [2.24, 2.45) is 5.92 Å². The van der Waals surface area contributed by atoms with Crippen LogP contribution in [0, 0.1) is 12.8 Å². The van der Waals surface area contributed by atoms with E-state index in [0.29, 0.717) is 12.5 Å². The predicted octanol–water partition coefficient (Wildman–Crippen LogP) is 3.59. The number of benzene rings is 1. The van der Waals surface area contributed by atoms with Crippen molar-refractivity contribution in [2.45, 2.75) is 51.6 Å². The first-order valence-electron chi connectivity index (χ1n) is 7.55. The minimum Gasteiger partial charge on any atom is -0.481 e. The molecule has 20 heavy (non-hydrogen) atoms. The largest absolute Gasteiger partial charge is 0.481 e. The number of rotatable bonds is 7. The van der Waals surface area contributed by atoms with Crippen LogP contribution in [0.15, 0.2) is 24.3 Å². The molecule has 0 aromatic heterocycles. The number of ether oxygens (including phenoxy) is 1. The maximum absolute atomic E-state index is 11.4. The van der Waals surface area contributed by atoms with Gasteiger partial charge in [-0.05, 0) is 50.2 Å². The standard InChI is InChI=1S/C17H24O3/c1-13-6-2-3-7-14(13)12-15(17(18)19)8-4-9-16-10-5-11-20-16/h2-3,6-7,15-16H,4-5,8-12H2,1H3,(H,18,19). The van der Waals surface area contributed by atoms with Crippen molar-refractivity contribution in [2.75, 3.05) is 6.61 Å². The second-order valence-electron chi connectivity index (χ2n) is 5.73. The summed E-state index contributed by atoms with van der Waals surface area (Å²) in [6, 6.07) is 8.05. The lowest BCUT2D eigenvalue weighted by atomic mass is 9.91. The number of carbonyl (C=O) groups is 1. The van der Waals surface area contributed by atoms with E-state index in [1.807, 2.05) is 31.2 Å². The summed E-state index contributed by atoms with van der Waals surface area (Å²) in [4.78, 5) is 11.4. The van der Waals surface area contributed by atoms with Crippen molar-refractivity contribution in [1.29, 1.82) is 0 Å². The van der Waals surface area contributed by atoms with Crippen LogP contribution in [-0.4, -0.2) is 23.8 Å². The predicted molar refractivity (Wildman–Crippen MR) is 78.8 cm³/mol. The van der Waals surface area contributed by atoms with Crippen molar-refractivity contribution in [3.05, 3.63) is 35.4 Å². The van der Waals surface area contributed by atoms with Gasteiger partial charge >= 0.3 is 5.97 Å². The Balaban J connectivity index is 1.84. The summed E-state index contributed by atoms with van der Waals surface area (Å²) in [5.74, 6) is -0.960. The Bertz CT molecular complexity index is 436. The maximum atomic E-state index is 11.4. The quantitative estimate of drug-likeness (QED) is 0.828. The monoisotopic (exact) mass is 276 g/mol. The first-order valence-corrected chi connectivity index (χ1v) is 7.55. The molecule has 1 aliphatic heterocycles. The summed E-state index contributed by atoms with van der Waals surface area (Å²) >= 11 is 0. The third-order valence-corrected chi connectivity index (χ3v) is 4.18. The third-order valence-electron chi connectivity index (χ3n) is 4.18. The van der Waals surface area contributed by atoms with E-state index in [2.05, 4.69) is 0 Å². The molecule has 2 unspecified atom stereocenters. The Kier molecular flexibility index (Phi) is 5.60. The zero-order valence-electron chi connectivity index (χ0n) is 12.2. The molecule has 2 atom stereocenters. The van der Waals surface area contributed by atoms with Crippen molar-refractivity contribution in [3.8, 4) is 0 Å². The Morgan fingerprint density at radius 3 is 2.90 bits per heavy atom. The molecule has 1 aliphatic rings. The SMILES string of the molecule is Cc1ccccc1CC(CCCC1CCCO1)C(=O)O. The topological polar surface area (TPSA) is 46.5 Å². The van der Waals surface area contributed by atoms with E-state index < -0.39 is 5.97 Å². The summed E-state index contributed by atoms with van der Waals surface area (Å²) < 4.78 is 5.59. The van der Waals surface area contributed by atoms with Gasteiger partial charge in [0.05, 0.1) is 12.0 Å². The zero-order valence-corrected chi connectivity index (χ0v) is 12.2. The molecule has 1 N–H and O–H groups in total. The van der Waals surface area contributed by atoms with Crippen LogP contribution in [0.2, 0.25) is 0 Å². The molecule has 1 aromatic rings. The average Bonchev–Trinajstić information content (AvgIpc) is 2.93. The van der Waals surface area contributed by atoms with Gasteiger partial charge in [0.1, 0.15) is 0 Å². The average molecular weight is 276 g/mol. The molecule has 110 valence electrons. The van der Waals surface area contributed by atoms with E-state index in [4.69, 9.17) is 4.74 Å². The van der Waals surface area contributed by atoms with E-state index in [1.54, 1.807) is 0 Å². The van der Waals surface area contributed by atoms with Gasteiger partial charge in [0, 0.05) is 6.61 Å². The lowest BCUT2D eigenvalue weighted by molar-refractivity contribution is -0.142. The number of aliphatic carboxylic acids is 1. The fourth-order valence-corrected chi connectivity index (χ4v) is 2.88. The van der Waals surface area contributed by atoms with Gasteiger partial charge in [0.25, 0.3) is 0 Å². The lowest BCUT2D eigenvalue weighted by Crippen LogP contribution is -2.18. The molecule has 0 aliphatic carbocycles. The van der Waals surface area contributed by atoms with Crippen molar-refractivity contribution in [1.82, 2.24) is 0 Å². The van der Waals surface area contributed by atoms with Gasteiger partial charge in [-0.3, -0.25) is 4.79 Å². The van der Waals surface area contributed by atoms with E-state index in [1.165, 1.54) is 5.56 Å². The summed E-state index contributed by atoms with van der Waals surface area (Å²) in [6.45, 7) is 2.91. The smallest absolute Gasteiger partial charge is 0.306 e. The van der Waals surface area contributed by atoms with E-state index in [-0.39, 0.29) is 5.92 Å². The van der Waals surface area contributed by atoms with Gasteiger partial charge in [-0.15, -0.1) is 0 Å². The highest BCUT2D eigenvalue weighted by Gasteiger charge is 2.20. The van der Waals surface area contributed by atoms with Crippen LogP contribution < -0.4 is 0 Å². The molecule has 0 spiro atoms. The minimum absolute atomic E-state index is 0.280. The highest BCUT2D eigenvalue weighted by atomic mass is 16.5. The van der Waals surface area contributed by atoms with E-state index in [0.717, 1.165) is 44.3 Å². The van der Waals surface area contributed by atoms with Crippen LogP contribution in [0.4, 0.5) is 0 Å². The number of aryl methyl sites for hydroxylation is 1. The van der Waals surface area contributed by atoms with Crippen molar-refractivity contribution in [3.63, 3.8) is 0 Å². The van der Waals surface area contributed by atoms with Gasteiger partial charge in [-0.1, -0.05) is 30.7 Å². The van der Waals surface area contributed by atoms with E-state index >= 15 is 0 Å². The molecular formula is C17H24O3. The molecular weight excluding hydrogens is 252 g/mol. The zero-order chi connectivity index (χ0) is 14.4. The molecule has 3 heteroatoms. The molecule has 1 saturated heterocycles. The van der Waals surface area contributed by atoms with Crippen LogP contribution in [0.3, 0.4) is 0 Å². The summed E-state index contributed by atoms with van der Waals surface area (Å²) in [5.41, 5.74) is 2.33. The fraction of sp³-hybridized carbons (Fsp3) is 0.588.